The van der Waals surface area contributed by atoms with E-state index in [1.54, 1.807) is 24.9 Å². The molecule has 1 atom stereocenters. The molecule has 0 bridgehead atoms. The Labute approximate surface area is 161 Å². The number of nitrogens with zero attached hydrogens (tertiary/aromatic N) is 1. The predicted octanol–water partition coefficient (Wildman–Crippen LogP) is 4.38. The number of hydrogen-bond acceptors (Lipinski definition) is 3. The molecule has 27 heavy (non-hydrogen) atoms. The van der Waals surface area contributed by atoms with E-state index in [2.05, 4.69) is 0 Å². The molecule has 0 heterocycles. The molecule has 1 amide bonds. The van der Waals surface area contributed by atoms with Gasteiger partial charge in [0.05, 0.1) is 18.2 Å². The summed E-state index contributed by atoms with van der Waals surface area (Å²) in [4.78, 5) is 14.6. The average Bonchev–Trinajstić information content (AvgIpc) is 2.69. The Bertz CT molecular complexity index is 751. The first-order valence-corrected chi connectivity index (χ1v) is 9.76. The highest BCUT2D eigenvalue weighted by Crippen LogP contribution is 2.28. The zero-order valence-electron chi connectivity index (χ0n) is 16.2. The van der Waals surface area contributed by atoms with Crippen LogP contribution in [0.25, 0.3) is 0 Å². The largest absolute Gasteiger partial charge is 0.490 e. The molecule has 2 aromatic rings. The van der Waals surface area contributed by atoms with E-state index in [4.69, 9.17) is 4.74 Å². The topological polar surface area (TPSA) is 49.8 Å². The van der Waals surface area contributed by atoms with Gasteiger partial charge in [-0.05, 0) is 50.3 Å². The number of benzene rings is 2. The van der Waals surface area contributed by atoms with Gasteiger partial charge < -0.3 is 14.7 Å². The fourth-order valence-electron chi connectivity index (χ4n) is 3.74. The van der Waals surface area contributed by atoms with Crippen LogP contribution in [0.2, 0.25) is 0 Å². The van der Waals surface area contributed by atoms with Crippen LogP contribution >= 0.6 is 0 Å². The summed E-state index contributed by atoms with van der Waals surface area (Å²) >= 11 is 0. The third-order valence-corrected chi connectivity index (χ3v) is 5.25. The van der Waals surface area contributed by atoms with Crippen molar-refractivity contribution in [3.8, 4) is 5.75 Å². The fraction of sp³-hybridized carbons (Fsp3) is 0.435. The van der Waals surface area contributed by atoms with Gasteiger partial charge in [-0.3, -0.25) is 4.79 Å². The Kier molecular flexibility index (Phi) is 6.17. The molecule has 0 aliphatic heterocycles. The third-order valence-electron chi connectivity index (χ3n) is 5.25. The van der Waals surface area contributed by atoms with Gasteiger partial charge in [-0.1, -0.05) is 48.9 Å². The number of aliphatic hydroxyl groups is 1. The van der Waals surface area contributed by atoms with Crippen LogP contribution in [0.5, 0.6) is 5.75 Å². The standard InChI is InChI=1S/C23H29NO3/c1-23(26,18-11-5-3-6-12-18)17-24(2)22(25)20-15-9-10-16-21(20)27-19-13-7-4-8-14-19/h3,5-6,9-12,15-16,19,26H,4,7-8,13-14,17H2,1-2H3. The normalized spacial score (nSPS) is 17.1. The van der Waals surface area contributed by atoms with Crippen LogP contribution in [0.1, 0.15) is 54.9 Å². The number of ether oxygens (including phenoxy) is 1. The van der Waals surface area contributed by atoms with Gasteiger partial charge in [-0.2, -0.15) is 0 Å². The molecule has 1 fully saturated rings. The van der Waals surface area contributed by atoms with Crippen molar-refractivity contribution in [2.24, 2.45) is 0 Å². The average molecular weight is 367 g/mol. The molecule has 2 aromatic carbocycles. The quantitative estimate of drug-likeness (QED) is 0.824. The van der Waals surface area contributed by atoms with Crippen molar-refractivity contribution in [1.29, 1.82) is 0 Å². The molecule has 3 rings (SSSR count). The number of carbonyl (C=O) groups excluding carboxylic acids is 1. The van der Waals surface area contributed by atoms with Crippen LogP contribution in [0.15, 0.2) is 54.6 Å². The lowest BCUT2D eigenvalue weighted by molar-refractivity contribution is 0.0210. The molecule has 1 unspecified atom stereocenters. The first-order valence-electron chi connectivity index (χ1n) is 9.76. The minimum absolute atomic E-state index is 0.141. The van der Waals surface area contributed by atoms with Crippen molar-refractivity contribution in [2.45, 2.75) is 50.7 Å². The minimum Gasteiger partial charge on any atom is -0.490 e. The molecule has 144 valence electrons. The maximum absolute atomic E-state index is 13.1. The molecular weight excluding hydrogens is 338 g/mol. The molecule has 0 spiro atoms. The maximum atomic E-state index is 13.1. The van der Waals surface area contributed by atoms with Crippen molar-refractivity contribution >= 4 is 5.91 Å². The monoisotopic (exact) mass is 367 g/mol. The van der Waals surface area contributed by atoms with E-state index in [0.717, 1.165) is 18.4 Å². The predicted molar refractivity (Wildman–Crippen MR) is 107 cm³/mol. The molecule has 0 aromatic heterocycles. The summed E-state index contributed by atoms with van der Waals surface area (Å²) in [5, 5.41) is 10.9. The van der Waals surface area contributed by atoms with Gasteiger partial charge in [0.25, 0.3) is 5.91 Å². The summed E-state index contributed by atoms with van der Waals surface area (Å²) < 4.78 is 6.16. The highest BCUT2D eigenvalue weighted by molar-refractivity contribution is 5.96. The highest BCUT2D eigenvalue weighted by atomic mass is 16.5. The molecule has 1 N–H and O–H groups in total. The minimum atomic E-state index is -1.12. The number of likely N-dealkylation sites (N-methyl/N-ethyl adjacent to an activating group) is 1. The van der Waals surface area contributed by atoms with Gasteiger partial charge in [0.1, 0.15) is 11.4 Å². The molecule has 1 aliphatic rings. The summed E-state index contributed by atoms with van der Waals surface area (Å²) in [6.45, 7) is 1.93. The number of para-hydroxylation sites is 1. The van der Waals surface area contributed by atoms with Gasteiger partial charge in [-0.15, -0.1) is 0 Å². The Morgan fingerprint density at radius 2 is 1.70 bits per heavy atom. The van der Waals surface area contributed by atoms with Crippen LogP contribution in [-0.2, 0) is 5.60 Å². The number of rotatable bonds is 6. The van der Waals surface area contributed by atoms with Crippen molar-refractivity contribution in [3.63, 3.8) is 0 Å². The van der Waals surface area contributed by atoms with Crippen molar-refractivity contribution < 1.29 is 14.6 Å². The smallest absolute Gasteiger partial charge is 0.257 e. The summed E-state index contributed by atoms with van der Waals surface area (Å²) in [5.74, 6) is 0.498. The Hall–Kier alpha value is -2.33. The molecule has 4 nitrogen and oxygen atoms in total. The Morgan fingerprint density at radius 3 is 2.41 bits per heavy atom. The summed E-state index contributed by atoms with van der Waals surface area (Å²) in [6, 6.07) is 16.8. The summed E-state index contributed by atoms with van der Waals surface area (Å²) in [6.07, 6.45) is 5.90. The Balaban J connectivity index is 1.73. The third kappa shape index (κ3) is 4.89. The zero-order valence-corrected chi connectivity index (χ0v) is 16.2. The summed E-state index contributed by atoms with van der Waals surface area (Å²) in [7, 11) is 1.72. The van der Waals surface area contributed by atoms with E-state index < -0.39 is 5.60 Å². The second kappa shape index (κ2) is 8.57. The molecular formula is C23H29NO3. The lowest BCUT2D eigenvalue weighted by Gasteiger charge is -2.30. The van der Waals surface area contributed by atoms with E-state index in [0.29, 0.717) is 11.3 Å². The SMILES string of the molecule is CN(CC(C)(O)c1ccccc1)C(=O)c1ccccc1OC1CCCCC1. The van der Waals surface area contributed by atoms with Crippen molar-refractivity contribution in [3.05, 3.63) is 65.7 Å². The van der Waals surface area contributed by atoms with Crippen LogP contribution in [0, 0.1) is 0 Å². The zero-order chi connectivity index (χ0) is 19.3. The van der Waals surface area contributed by atoms with Crippen molar-refractivity contribution in [1.82, 2.24) is 4.90 Å². The Morgan fingerprint density at radius 1 is 1.07 bits per heavy atom. The summed E-state index contributed by atoms with van der Waals surface area (Å²) in [5.41, 5.74) is 0.219. The first-order chi connectivity index (χ1) is 13.0. The molecule has 0 saturated heterocycles. The number of carbonyl (C=O) groups is 1. The van der Waals surface area contributed by atoms with E-state index in [-0.39, 0.29) is 18.6 Å². The van der Waals surface area contributed by atoms with Gasteiger partial charge in [0.15, 0.2) is 0 Å². The van der Waals surface area contributed by atoms with Gasteiger partial charge >= 0.3 is 0 Å². The molecule has 1 saturated carbocycles. The van der Waals surface area contributed by atoms with Crippen LogP contribution < -0.4 is 4.74 Å². The second-order valence-corrected chi connectivity index (χ2v) is 7.68. The van der Waals surface area contributed by atoms with Gasteiger partial charge in [0.2, 0.25) is 0 Å². The van der Waals surface area contributed by atoms with E-state index in [9.17, 15) is 9.90 Å². The molecule has 4 heteroatoms. The van der Waals surface area contributed by atoms with Crippen molar-refractivity contribution in [2.75, 3.05) is 13.6 Å². The van der Waals surface area contributed by atoms with Crippen LogP contribution in [-0.4, -0.2) is 35.6 Å². The van der Waals surface area contributed by atoms with E-state index >= 15 is 0 Å². The number of hydrogen-bond donors (Lipinski definition) is 1. The molecule has 1 aliphatic carbocycles. The number of amides is 1. The lowest BCUT2D eigenvalue weighted by atomic mass is 9.95. The first kappa shape index (κ1) is 19.4. The molecule has 0 radical (unpaired) electrons. The van der Waals surface area contributed by atoms with Crippen LogP contribution in [0.3, 0.4) is 0 Å². The van der Waals surface area contributed by atoms with E-state index in [1.165, 1.54) is 19.3 Å². The lowest BCUT2D eigenvalue weighted by Crippen LogP contribution is -2.40. The van der Waals surface area contributed by atoms with E-state index in [1.807, 2.05) is 48.5 Å². The van der Waals surface area contributed by atoms with Crippen LogP contribution in [0.4, 0.5) is 0 Å². The fourth-order valence-corrected chi connectivity index (χ4v) is 3.74. The second-order valence-electron chi connectivity index (χ2n) is 7.68. The maximum Gasteiger partial charge on any atom is 0.257 e. The van der Waals surface area contributed by atoms with Gasteiger partial charge in [0, 0.05) is 7.05 Å². The highest BCUT2D eigenvalue weighted by Gasteiger charge is 2.28. The van der Waals surface area contributed by atoms with Gasteiger partial charge in [-0.25, -0.2) is 0 Å².